The Morgan fingerprint density at radius 3 is 2.61 bits per heavy atom. The molecule has 1 N–H and O–H groups in total. The molecule has 5 rings (SSSR count). The van der Waals surface area contributed by atoms with Crippen molar-refractivity contribution in [3.05, 3.63) is 0 Å². The predicted molar refractivity (Wildman–Crippen MR) is 86.8 cm³/mol. The average Bonchev–Trinajstić information content (AvgIpc) is 3.00. The number of rotatable bonds is 1. The summed E-state index contributed by atoms with van der Waals surface area (Å²) in [5, 5.41) is 10.2. The van der Waals surface area contributed by atoms with Crippen LogP contribution < -0.4 is 0 Å². The summed E-state index contributed by atoms with van der Waals surface area (Å²) in [5.41, 5.74) is 0.430. The van der Waals surface area contributed by atoms with Gasteiger partial charge in [-0.15, -0.1) is 0 Å². The number of aliphatic hydroxyl groups excluding tert-OH is 1. The fourth-order valence-corrected chi connectivity index (χ4v) is 8.10. The molecule has 5 fully saturated rings. The summed E-state index contributed by atoms with van der Waals surface area (Å²) in [6.45, 7) is 6.64. The zero-order valence-electron chi connectivity index (χ0n) is 14.7. The van der Waals surface area contributed by atoms with Crippen molar-refractivity contribution in [2.24, 2.45) is 34.5 Å². The molecule has 4 aliphatic carbocycles. The first-order chi connectivity index (χ1) is 10.8. The number of carbonyl (C=O) groups excluding carboxylic acids is 1. The predicted octanol–water partition coefficient (Wildman–Crippen LogP) is 3.34. The lowest BCUT2D eigenvalue weighted by Crippen LogP contribution is -2.49. The molecule has 0 radical (unpaired) electrons. The molecule has 0 aromatic carbocycles. The molecule has 1 spiro atoms. The maximum Gasteiger partial charge on any atom is 0.133 e. The molecular weight excluding hydrogens is 288 g/mol. The van der Waals surface area contributed by atoms with Gasteiger partial charge in [0.1, 0.15) is 11.4 Å². The molecule has 23 heavy (non-hydrogen) atoms. The Kier molecular flexibility index (Phi) is 2.73. The smallest absolute Gasteiger partial charge is 0.133 e. The number of epoxide rings is 1. The molecule has 3 unspecified atom stereocenters. The molecule has 1 heterocycles. The van der Waals surface area contributed by atoms with E-state index in [0.717, 1.165) is 31.6 Å². The maximum atomic E-state index is 12.2. The molecule has 3 nitrogen and oxygen atoms in total. The van der Waals surface area contributed by atoms with Crippen molar-refractivity contribution in [3.8, 4) is 0 Å². The zero-order valence-corrected chi connectivity index (χ0v) is 14.7. The van der Waals surface area contributed by atoms with Crippen LogP contribution in [-0.2, 0) is 9.53 Å². The number of hydrogen-bond acceptors (Lipinski definition) is 3. The van der Waals surface area contributed by atoms with E-state index in [9.17, 15) is 9.90 Å². The van der Waals surface area contributed by atoms with E-state index in [1.165, 1.54) is 19.3 Å². The minimum Gasteiger partial charge on any atom is -0.393 e. The number of hydrogen-bond donors (Lipinski definition) is 1. The number of Topliss-reactive ketones (excluding diaryl/α,β-unsaturated/α-hetero) is 1. The number of fused-ring (bicyclic) bond motifs is 5. The van der Waals surface area contributed by atoms with Gasteiger partial charge in [0.25, 0.3) is 0 Å². The van der Waals surface area contributed by atoms with E-state index < -0.39 is 0 Å². The van der Waals surface area contributed by atoms with Crippen molar-refractivity contribution in [1.82, 2.24) is 0 Å². The van der Waals surface area contributed by atoms with Gasteiger partial charge in [0, 0.05) is 17.8 Å². The van der Waals surface area contributed by atoms with E-state index in [4.69, 9.17) is 4.74 Å². The second-order valence-corrected chi connectivity index (χ2v) is 9.82. The highest BCUT2D eigenvalue weighted by molar-refractivity contribution is 5.79. The van der Waals surface area contributed by atoms with E-state index in [1.807, 2.05) is 0 Å². The highest BCUT2D eigenvalue weighted by Gasteiger charge is 2.81. The Morgan fingerprint density at radius 2 is 1.87 bits per heavy atom. The summed E-state index contributed by atoms with van der Waals surface area (Å²) in [7, 11) is 0. The van der Waals surface area contributed by atoms with Crippen molar-refractivity contribution in [2.75, 3.05) is 0 Å². The van der Waals surface area contributed by atoms with E-state index in [1.54, 1.807) is 6.92 Å². The standard InChI is InChI=1S/C20H30O3/c1-11(21)13-4-5-14-16-15(7-8-18(13,14)2)19(3)9-6-12(22)10-20(19)17(16)23-20/h12-17,22H,4-10H2,1-3H3/t12-,13-,14?,15?,16?,17+,18-,19-,20+/m1/s1. The van der Waals surface area contributed by atoms with Crippen LogP contribution in [0.5, 0.6) is 0 Å². The van der Waals surface area contributed by atoms with Crippen LogP contribution in [0.2, 0.25) is 0 Å². The number of ketones is 1. The fourth-order valence-electron chi connectivity index (χ4n) is 8.10. The molecular formula is C20H30O3. The molecule has 0 aromatic rings. The van der Waals surface area contributed by atoms with Crippen LogP contribution in [-0.4, -0.2) is 28.7 Å². The molecule has 128 valence electrons. The molecule has 4 saturated carbocycles. The van der Waals surface area contributed by atoms with Crippen LogP contribution in [0.25, 0.3) is 0 Å². The van der Waals surface area contributed by atoms with Gasteiger partial charge < -0.3 is 9.84 Å². The van der Waals surface area contributed by atoms with Gasteiger partial charge in [0.2, 0.25) is 0 Å². The van der Waals surface area contributed by atoms with Crippen LogP contribution in [0.15, 0.2) is 0 Å². The monoisotopic (exact) mass is 318 g/mol. The molecule has 0 amide bonds. The minimum absolute atomic E-state index is 0.0282. The zero-order chi connectivity index (χ0) is 16.2. The second kappa shape index (κ2) is 4.22. The summed E-state index contributed by atoms with van der Waals surface area (Å²) in [6.07, 6.45) is 7.85. The Bertz CT molecular complexity index is 573. The molecule has 3 heteroatoms. The minimum atomic E-state index is -0.173. The van der Waals surface area contributed by atoms with Crippen molar-refractivity contribution in [1.29, 1.82) is 0 Å². The van der Waals surface area contributed by atoms with Crippen LogP contribution in [0.3, 0.4) is 0 Å². The highest BCUT2D eigenvalue weighted by Crippen LogP contribution is 2.77. The van der Waals surface area contributed by atoms with E-state index >= 15 is 0 Å². The maximum absolute atomic E-state index is 12.2. The first-order valence-corrected chi connectivity index (χ1v) is 9.70. The van der Waals surface area contributed by atoms with Crippen molar-refractivity contribution in [2.45, 2.75) is 83.5 Å². The summed E-state index contributed by atoms with van der Waals surface area (Å²) >= 11 is 0. The van der Waals surface area contributed by atoms with E-state index in [0.29, 0.717) is 23.7 Å². The molecule has 9 atom stereocenters. The van der Waals surface area contributed by atoms with Crippen LogP contribution in [0.4, 0.5) is 0 Å². The average molecular weight is 318 g/mol. The van der Waals surface area contributed by atoms with Crippen molar-refractivity contribution >= 4 is 5.78 Å². The lowest BCUT2D eigenvalue weighted by atomic mass is 9.53. The largest absolute Gasteiger partial charge is 0.393 e. The van der Waals surface area contributed by atoms with Gasteiger partial charge in [-0.25, -0.2) is 0 Å². The second-order valence-electron chi connectivity index (χ2n) is 9.82. The topological polar surface area (TPSA) is 49.8 Å². The Hall–Kier alpha value is -0.410. The Morgan fingerprint density at radius 1 is 1.09 bits per heavy atom. The molecule has 1 aliphatic heterocycles. The van der Waals surface area contributed by atoms with Gasteiger partial charge >= 0.3 is 0 Å². The lowest BCUT2D eigenvalue weighted by Gasteiger charge is -2.52. The summed E-state index contributed by atoms with van der Waals surface area (Å²) in [5.74, 6) is 2.70. The highest BCUT2D eigenvalue weighted by atomic mass is 16.6. The molecule has 1 saturated heterocycles. The number of ether oxygens (including phenoxy) is 1. The van der Waals surface area contributed by atoms with Crippen LogP contribution in [0, 0.1) is 34.5 Å². The van der Waals surface area contributed by atoms with Crippen LogP contribution >= 0.6 is 0 Å². The third-order valence-corrected chi connectivity index (χ3v) is 9.23. The van der Waals surface area contributed by atoms with Crippen molar-refractivity contribution < 1.29 is 14.6 Å². The first kappa shape index (κ1) is 14.9. The van der Waals surface area contributed by atoms with Gasteiger partial charge in [0.05, 0.1) is 12.2 Å². The number of aliphatic hydroxyl groups is 1. The van der Waals surface area contributed by atoms with E-state index in [-0.39, 0.29) is 28.5 Å². The summed E-state index contributed by atoms with van der Waals surface area (Å²) < 4.78 is 6.39. The van der Waals surface area contributed by atoms with Crippen molar-refractivity contribution in [3.63, 3.8) is 0 Å². The lowest BCUT2D eigenvalue weighted by molar-refractivity contribution is -0.129. The SMILES string of the molecule is CC(=O)[C@H]1CCC2C3C(CC[C@@]21C)[C@@]1(C)CC[C@@H](O)C[C@@]12O[C@@H]32. The molecule has 5 aliphatic rings. The third kappa shape index (κ3) is 1.53. The third-order valence-electron chi connectivity index (χ3n) is 9.23. The van der Waals surface area contributed by atoms with Gasteiger partial charge in [-0.05, 0) is 68.6 Å². The van der Waals surface area contributed by atoms with Gasteiger partial charge in [-0.2, -0.15) is 0 Å². The fraction of sp³-hybridized carbons (Fsp3) is 0.950. The Labute approximate surface area is 139 Å². The van der Waals surface area contributed by atoms with Gasteiger partial charge in [-0.1, -0.05) is 13.8 Å². The van der Waals surface area contributed by atoms with Crippen LogP contribution in [0.1, 0.15) is 65.7 Å². The van der Waals surface area contributed by atoms with E-state index in [2.05, 4.69) is 13.8 Å². The molecule has 0 bridgehead atoms. The van der Waals surface area contributed by atoms with Gasteiger partial charge in [0.15, 0.2) is 0 Å². The Balaban J connectivity index is 1.53. The summed E-state index contributed by atoms with van der Waals surface area (Å²) in [4.78, 5) is 12.2. The first-order valence-electron chi connectivity index (χ1n) is 9.70. The summed E-state index contributed by atoms with van der Waals surface area (Å²) in [6, 6.07) is 0. The molecule has 0 aromatic heterocycles. The normalized spacial score (nSPS) is 63.0. The van der Waals surface area contributed by atoms with Gasteiger partial charge in [-0.3, -0.25) is 4.79 Å². The quantitative estimate of drug-likeness (QED) is 0.754. The number of carbonyl (C=O) groups is 1.